The zero-order valence-corrected chi connectivity index (χ0v) is 12.7. The Labute approximate surface area is 121 Å². The van der Waals surface area contributed by atoms with Gasteiger partial charge in [0, 0.05) is 37.6 Å². The Bertz CT molecular complexity index is 368. The van der Waals surface area contributed by atoms with Crippen LogP contribution in [0.15, 0.2) is 4.99 Å². The predicted octanol–water partition coefficient (Wildman–Crippen LogP) is 1.15. The van der Waals surface area contributed by atoms with Crippen molar-refractivity contribution in [3.8, 4) is 0 Å². The van der Waals surface area contributed by atoms with Crippen molar-refractivity contribution in [2.45, 2.75) is 44.8 Å². The predicted molar refractivity (Wildman–Crippen MR) is 78.9 cm³/mol. The van der Waals surface area contributed by atoms with Crippen LogP contribution in [0.5, 0.6) is 0 Å². The molecule has 5 nitrogen and oxygen atoms in total. The van der Waals surface area contributed by atoms with Gasteiger partial charge in [0.1, 0.15) is 0 Å². The van der Waals surface area contributed by atoms with Crippen LogP contribution in [0.1, 0.15) is 32.6 Å². The Morgan fingerprint density at radius 2 is 2.30 bits per heavy atom. The third-order valence-corrected chi connectivity index (χ3v) is 5.24. The van der Waals surface area contributed by atoms with Crippen molar-refractivity contribution in [1.29, 1.82) is 0 Å². The molecule has 114 valence electrons. The zero-order valence-electron chi connectivity index (χ0n) is 12.7. The minimum absolute atomic E-state index is 0.401. The van der Waals surface area contributed by atoms with Crippen LogP contribution in [-0.4, -0.2) is 51.5 Å². The maximum absolute atomic E-state index is 5.96. The molecule has 20 heavy (non-hydrogen) atoms. The molecule has 1 spiro atoms. The number of ether oxygens (including phenoxy) is 2. The van der Waals surface area contributed by atoms with E-state index in [0.29, 0.717) is 36.6 Å². The van der Waals surface area contributed by atoms with Gasteiger partial charge in [-0.15, -0.1) is 0 Å². The van der Waals surface area contributed by atoms with E-state index in [0.717, 1.165) is 19.1 Å². The number of methoxy groups -OCH3 is 1. The summed E-state index contributed by atoms with van der Waals surface area (Å²) in [4.78, 5) is 4.59. The number of nitrogens with zero attached hydrogens (tertiary/aromatic N) is 1. The number of hydrogen-bond acceptors (Lipinski definition) is 3. The summed E-state index contributed by atoms with van der Waals surface area (Å²) >= 11 is 0. The van der Waals surface area contributed by atoms with E-state index in [1.807, 2.05) is 0 Å². The van der Waals surface area contributed by atoms with E-state index >= 15 is 0 Å². The minimum Gasteiger partial charge on any atom is -0.383 e. The molecule has 0 radical (unpaired) electrons. The number of hydrogen-bond donors (Lipinski definition) is 2. The molecule has 0 aromatic heterocycles. The Kier molecular flexibility index (Phi) is 4.17. The molecule has 0 bridgehead atoms. The second kappa shape index (κ2) is 5.90. The first kappa shape index (κ1) is 14.1. The molecule has 3 atom stereocenters. The van der Waals surface area contributed by atoms with Gasteiger partial charge in [-0.2, -0.15) is 0 Å². The Hall–Kier alpha value is -0.810. The fraction of sp³-hybridized carbons (Fsp3) is 0.933. The highest BCUT2D eigenvalue weighted by Crippen LogP contribution is 2.62. The quantitative estimate of drug-likeness (QED) is 0.451. The smallest absolute Gasteiger partial charge is 0.191 e. The molecule has 1 heterocycles. The average molecular weight is 281 g/mol. The molecule has 1 aliphatic heterocycles. The van der Waals surface area contributed by atoms with E-state index in [2.05, 4.69) is 22.5 Å². The molecule has 2 N–H and O–H groups in total. The monoisotopic (exact) mass is 281 g/mol. The Balaban J connectivity index is 1.63. The van der Waals surface area contributed by atoms with Crippen LogP contribution >= 0.6 is 0 Å². The van der Waals surface area contributed by atoms with Crippen molar-refractivity contribution < 1.29 is 9.47 Å². The summed E-state index contributed by atoms with van der Waals surface area (Å²) in [5.41, 5.74) is 0.401. The van der Waals surface area contributed by atoms with Crippen LogP contribution in [0.3, 0.4) is 0 Å². The van der Waals surface area contributed by atoms with E-state index in [9.17, 15) is 0 Å². The summed E-state index contributed by atoms with van der Waals surface area (Å²) in [6.07, 6.45) is 5.67. The van der Waals surface area contributed by atoms with Crippen molar-refractivity contribution in [2.75, 3.05) is 33.4 Å². The summed E-state index contributed by atoms with van der Waals surface area (Å²) in [6.45, 7) is 5.31. The normalized spacial score (nSPS) is 34.3. The van der Waals surface area contributed by atoms with Crippen LogP contribution in [-0.2, 0) is 9.47 Å². The van der Waals surface area contributed by atoms with E-state index in [1.165, 1.54) is 25.7 Å². The van der Waals surface area contributed by atoms with Crippen molar-refractivity contribution in [3.05, 3.63) is 0 Å². The summed E-state index contributed by atoms with van der Waals surface area (Å²) in [6, 6.07) is 0.545. The topological polar surface area (TPSA) is 54.9 Å². The molecule has 0 amide bonds. The standard InChI is InChI=1S/C15H27N3O2/c1-3-16-14(17-8-10-19-2)18-12-11-5-9-20-13(11)15(12)6-4-7-15/h11-13H,3-10H2,1-2H3,(H2,16,17,18). The van der Waals surface area contributed by atoms with Crippen LogP contribution < -0.4 is 10.6 Å². The van der Waals surface area contributed by atoms with Gasteiger partial charge in [-0.05, 0) is 26.2 Å². The lowest BCUT2D eigenvalue weighted by molar-refractivity contribution is -0.171. The van der Waals surface area contributed by atoms with Gasteiger partial charge in [-0.25, -0.2) is 0 Å². The molecule has 1 saturated heterocycles. The molecule has 0 aromatic rings. The molecule has 3 aliphatic rings. The summed E-state index contributed by atoms with van der Waals surface area (Å²) in [5.74, 6) is 1.62. The van der Waals surface area contributed by atoms with Crippen molar-refractivity contribution in [1.82, 2.24) is 10.6 Å². The van der Waals surface area contributed by atoms with Crippen molar-refractivity contribution in [3.63, 3.8) is 0 Å². The SMILES string of the molecule is CCNC(=NCCOC)NC1C2CCOC2C12CCC2. The van der Waals surface area contributed by atoms with Gasteiger partial charge >= 0.3 is 0 Å². The highest BCUT2D eigenvalue weighted by molar-refractivity contribution is 5.80. The van der Waals surface area contributed by atoms with E-state index < -0.39 is 0 Å². The minimum atomic E-state index is 0.401. The van der Waals surface area contributed by atoms with E-state index in [1.54, 1.807) is 7.11 Å². The second-order valence-corrected chi connectivity index (χ2v) is 6.21. The molecular weight excluding hydrogens is 254 g/mol. The summed E-state index contributed by atoms with van der Waals surface area (Å²) in [7, 11) is 1.71. The first-order chi connectivity index (χ1) is 9.81. The van der Waals surface area contributed by atoms with Gasteiger partial charge in [-0.3, -0.25) is 4.99 Å². The molecule has 5 heteroatoms. The van der Waals surface area contributed by atoms with E-state index in [4.69, 9.17) is 9.47 Å². The highest BCUT2D eigenvalue weighted by atomic mass is 16.5. The first-order valence-corrected chi connectivity index (χ1v) is 7.97. The van der Waals surface area contributed by atoms with Gasteiger partial charge in [0.05, 0.1) is 19.3 Å². The molecule has 2 saturated carbocycles. The molecule has 3 fully saturated rings. The maximum atomic E-state index is 5.96. The number of rotatable bonds is 5. The highest BCUT2D eigenvalue weighted by Gasteiger charge is 2.66. The van der Waals surface area contributed by atoms with Gasteiger partial charge in [0.15, 0.2) is 5.96 Å². The van der Waals surface area contributed by atoms with Crippen molar-refractivity contribution >= 4 is 5.96 Å². The fourth-order valence-corrected chi connectivity index (χ4v) is 4.17. The number of guanidine groups is 1. The largest absolute Gasteiger partial charge is 0.383 e. The average Bonchev–Trinajstić information content (AvgIpc) is 2.79. The third kappa shape index (κ3) is 2.21. The summed E-state index contributed by atoms with van der Waals surface area (Å²) < 4.78 is 11.0. The van der Waals surface area contributed by atoms with Gasteiger partial charge in [0.25, 0.3) is 0 Å². The maximum Gasteiger partial charge on any atom is 0.191 e. The third-order valence-electron chi connectivity index (χ3n) is 5.24. The number of nitrogens with one attached hydrogen (secondary N) is 2. The van der Waals surface area contributed by atoms with Crippen LogP contribution in [0, 0.1) is 11.3 Å². The molecule has 3 rings (SSSR count). The molecule has 0 aromatic carbocycles. The van der Waals surface area contributed by atoms with E-state index in [-0.39, 0.29) is 0 Å². The lowest BCUT2D eigenvalue weighted by Crippen LogP contribution is -2.72. The molecule has 3 unspecified atom stereocenters. The molecular formula is C15H27N3O2. The zero-order chi connectivity index (χ0) is 14.0. The van der Waals surface area contributed by atoms with Crippen molar-refractivity contribution in [2.24, 2.45) is 16.3 Å². The molecule has 2 aliphatic carbocycles. The van der Waals surface area contributed by atoms with Crippen LogP contribution in [0.2, 0.25) is 0 Å². The van der Waals surface area contributed by atoms with Gasteiger partial charge < -0.3 is 20.1 Å². The first-order valence-electron chi connectivity index (χ1n) is 7.97. The number of fused-ring (bicyclic) bond motifs is 2. The van der Waals surface area contributed by atoms with Gasteiger partial charge in [-0.1, -0.05) is 6.42 Å². The number of aliphatic imine (C=N–C) groups is 1. The fourth-order valence-electron chi connectivity index (χ4n) is 4.17. The Morgan fingerprint density at radius 1 is 1.45 bits per heavy atom. The second-order valence-electron chi connectivity index (χ2n) is 6.21. The lowest BCUT2D eigenvalue weighted by Gasteiger charge is -2.63. The summed E-state index contributed by atoms with van der Waals surface area (Å²) in [5, 5.41) is 7.03. The van der Waals surface area contributed by atoms with Crippen LogP contribution in [0.25, 0.3) is 0 Å². The van der Waals surface area contributed by atoms with Gasteiger partial charge in [0.2, 0.25) is 0 Å². The Morgan fingerprint density at radius 3 is 2.95 bits per heavy atom. The van der Waals surface area contributed by atoms with Crippen LogP contribution in [0.4, 0.5) is 0 Å². The lowest BCUT2D eigenvalue weighted by atomic mass is 9.46.